The molecule has 0 aliphatic rings. The molecule has 2 aromatic rings. The van der Waals surface area contributed by atoms with Gasteiger partial charge in [0.05, 0.1) is 4.92 Å². The van der Waals surface area contributed by atoms with Crippen molar-refractivity contribution in [1.82, 2.24) is 4.90 Å². The molecule has 0 saturated carbocycles. The van der Waals surface area contributed by atoms with E-state index in [-0.39, 0.29) is 17.8 Å². The Labute approximate surface area is 165 Å². The standard InChI is InChI=1S/C19H19FN2O5S/c1-3-21(11-13-5-4-6-14(20)9-13)18(23)12-27-19(24)16-10-15(28-2)7-8-17(16)22(25)26/h4-10H,3,11-12H2,1-2H3. The normalized spacial score (nSPS) is 10.4. The molecule has 0 heterocycles. The molecule has 0 aromatic heterocycles. The van der Waals surface area contributed by atoms with Crippen molar-refractivity contribution >= 4 is 29.3 Å². The molecule has 0 N–H and O–H groups in total. The number of likely N-dealkylation sites (N-methyl/N-ethyl adjacent to an activating group) is 1. The van der Waals surface area contributed by atoms with Gasteiger partial charge in [-0.2, -0.15) is 0 Å². The second-order valence-electron chi connectivity index (χ2n) is 5.75. The maximum Gasteiger partial charge on any atom is 0.345 e. The Morgan fingerprint density at radius 2 is 2.00 bits per heavy atom. The fourth-order valence-electron chi connectivity index (χ4n) is 2.49. The van der Waals surface area contributed by atoms with E-state index < -0.39 is 29.2 Å². The highest BCUT2D eigenvalue weighted by molar-refractivity contribution is 7.98. The van der Waals surface area contributed by atoms with Crippen LogP contribution in [0.25, 0.3) is 0 Å². The Morgan fingerprint density at radius 3 is 2.61 bits per heavy atom. The third-order valence-electron chi connectivity index (χ3n) is 3.94. The van der Waals surface area contributed by atoms with Crippen molar-refractivity contribution in [1.29, 1.82) is 0 Å². The monoisotopic (exact) mass is 406 g/mol. The fraction of sp³-hybridized carbons (Fsp3) is 0.263. The van der Waals surface area contributed by atoms with Gasteiger partial charge in [-0.3, -0.25) is 14.9 Å². The van der Waals surface area contributed by atoms with Gasteiger partial charge in [0.15, 0.2) is 6.61 Å². The number of ether oxygens (including phenoxy) is 1. The van der Waals surface area contributed by atoms with Crippen LogP contribution in [0, 0.1) is 15.9 Å². The van der Waals surface area contributed by atoms with Crippen molar-refractivity contribution in [2.24, 2.45) is 0 Å². The molecule has 0 atom stereocenters. The van der Waals surface area contributed by atoms with Crippen LogP contribution in [0.4, 0.5) is 10.1 Å². The van der Waals surface area contributed by atoms with Crippen LogP contribution in [0.2, 0.25) is 0 Å². The van der Waals surface area contributed by atoms with Crippen LogP contribution in [0.3, 0.4) is 0 Å². The van der Waals surface area contributed by atoms with E-state index in [1.165, 1.54) is 47.0 Å². The molecule has 0 aliphatic heterocycles. The zero-order valence-corrected chi connectivity index (χ0v) is 16.2. The number of carbonyl (C=O) groups excluding carboxylic acids is 2. The van der Waals surface area contributed by atoms with E-state index in [0.717, 1.165) is 0 Å². The molecule has 1 amide bonds. The Balaban J connectivity index is 2.06. The highest BCUT2D eigenvalue weighted by atomic mass is 32.2. The number of halogens is 1. The van der Waals surface area contributed by atoms with Gasteiger partial charge in [-0.25, -0.2) is 9.18 Å². The topological polar surface area (TPSA) is 89.8 Å². The Hall–Kier alpha value is -2.94. The lowest BCUT2D eigenvalue weighted by atomic mass is 10.2. The molecule has 28 heavy (non-hydrogen) atoms. The van der Waals surface area contributed by atoms with Crippen molar-refractivity contribution < 1.29 is 23.6 Å². The van der Waals surface area contributed by atoms with E-state index >= 15 is 0 Å². The largest absolute Gasteiger partial charge is 0.452 e. The molecule has 9 heteroatoms. The number of esters is 1. The summed E-state index contributed by atoms with van der Waals surface area (Å²) in [6, 6.07) is 9.97. The minimum absolute atomic E-state index is 0.159. The highest BCUT2D eigenvalue weighted by Crippen LogP contribution is 2.25. The van der Waals surface area contributed by atoms with E-state index in [0.29, 0.717) is 17.0 Å². The van der Waals surface area contributed by atoms with Gasteiger partial charge >= 0.3 is 5.97 Å². The Morgan fingerprint density at radius 1 is 1.25 bits per heavy atom. The minimum atomic E-state index is -0.947. The van der Waals surface area contributed by atoms with Crippen molar-refractivity contribution in [3.8, 4) is 0 Å². The number of carbonyl (C=O) groups is 2. The van der Waals surface area contributed by atoms with Crippen molar-refractivity contribution in [3.63, 3.8) is 0 Å². The van der Waals surface area contributed by atoms with Crippen molar-refractivity contribution in [2.45, 2.75) is 18.4 Å². The summed E-state index contributed by atoms with van der Waals surface area (Å²) in [5.41, 5.74) is 0.00465. The molecule has 0 radical (unpaired) electrons. The summed E-state index contributed by atoms with van der Waals surface area (Å²) in [4.78, 5) is 37.2. The third kappa shape index (κ3) is 5.53. The second kappa shape index (κ2) is 9.84. The zero-order valence-electron chi connectivity index (χ0n) is 15.4. The lowest BCUT2D eigenvalue weighted by molar-refractivity contribution is -0.385. The average molecular weight is 406 g/mol. The second-order valence-corrected chi connectivity index (χ2v) is 6.63. The number of hydrogen-bond donors (Lipinski definition) is 0. The quantitative estimate of drug-likeness (QED) is 0.288. The molecule has 7 nitrogen and oxygen atoms in total. The molecule has 0 spiro atoms. The first-order valence-electron chi connectivity index (χ1n) is 8.37. The van der Waals surface area contributed by atoms with E-state index in [4.69, 9.17) is 4.74 Å². The van der Waals surface area contributed by atoms with Gasteiger partial charge in [0.25, 0.3) is 11.6 Å². The van der Waals surface area contributed by atoms with Gasteiger partial charge in [-0.05, 0) is 43.0 Å². The van der Waals surface area contributed by atoms with Gasteiger partial charge in [-0.1, -0.05) is 12.1 Å². The summed E-state index contributed by atoms with van der Waals surface area (Å²) in [6.07, 6.45) is 1.77. The van der Waals surface area contributed by atoms with Gasteiger partial charge in [0.1, 0.15) is 11.4 Å². The SMILES string of the molecule is CCN(Cc1cccc(F)c1)C(=O)COC(=O)c1cc(SC)ccc1[N+](=O)[O-]. The Bertz CT molecular complexity index is 890. The molecule has 2 rings (SSSR count). The maximum absolute atomic E-state index is 13.3. The summed E-state index contributed by atoms with van der Waals surface area (Å²) >= 11 is 1.32. The molecule has 0 saturated heterocycles. The number of amides is 1. The molecule has 0 unspecified atom stereocenters. The predicted molar refractivity (Wildman–Crippen MR) is 103 cm³/mol. The van der Waals surface area contributed by atoms with E-state index in [1.54, 1.807) is 25.3 Å². The van der Waals surface area contributed by atoms with Crippen LogP contribution < -0.4 is 0 Å². The van der Waals surface area contributed by atoms with Crippen LogP contribution in [0.15, 0.2) is 47.4 Å². The summed E-state index contributed by atoms with van der Waals surface area (Å²) in [5, 5.41) is 11.1. The smallest absolute Gasteiger partial charge is 0.345 e. The van der Waals surface area contributed by atoms with Gasteiger partial charge in [-0.15, -0.1) is 11.8 Å². The van der Waals surface area contributed by atoms with Crippen LogP contribution in [-0.2, 0) is 16.1 Å². The number of benzene rings is 2. The fourth-order valence-corrected chi connectivity index (χ4v) is 2.93. The molecule has 0 fully saturated rings. The third-order valence-corrected chi connectivity index (χ3v) is 4.67. The minimum Gasteiger partial charge on any atom is -0.452 e. The van der Waals surface area contributed by atoms with Crippen LogP contribution in [-0.4, -0.2) is 41.1 Å². The number of nitro benzene ring substituents is 1. The predicted octanol–water partition coefficient (Wildman–Crippen LogP) is 3.66. The van der Waals surface area contributed by atoms with Gasteiger partial charge in [0.2, 0.25) is 0 Å². The summed E-state index contributed by atoms with van der Waals surface area (Å²) in [5.74, 6) is -1.84. The first-order valence-corrected chi connectivity index (χ1v) is 9.60. The van der Waals surface area contributed by atoms with Gasteiger partial charge < -0.3 is 9.64 Å². The molecule has 2 aromatic carbocycles. The Kier molecular flexibility index (Phi) is 7.51. The zero-order chi connectivity index (χ0) is 20.7. The number of nitrogens with zero attached hydrogens (tertiary/aromatic N) is 2. The lowest BCUT2D eigenvalue weighted by Gasteiger charge is -2.21. The first kappa shape index (κ1) is 21.4. The van der Waals surface area contributed by atoms with E-state index in [2.05, 4.69) is 0 Å². The van der Waals surface area contributed by atoms with Gasteiger partial charge in [0, 0.05) is 24.1 Å². The highest BCUT2D eigenvalue weighted by Gasteiger charge is 2.23. The summed E-state index contributed by atoms with van der Waals surface area (Å²) < 4.78 is 18.3. The van der Waals surface area contributed by atoms with Crippen molar-refractivity contribution in [2.75, 3.05) is 19.4 Å². The summed E-state index contributed by atoms with van der Waals surface area (Å²) in [6.45, 7) is 1.66. The molecule has 0 aliphatic carbocycles. The van der Waals surface area contributed by atoms with Crippen LogP contribution in [0.5, 0.6) is 0 Å². The molecular formula is C19H19FN2O5S. The molecular weight excluding hydrogens is 387 g/mol. The summed E-state index contributed by atoms with van der Waals surface area (Å²) in [7, 11) is 0. The van der Waals surface area contributed by atoms with Crippen LogP contribution in [0.1, 0.15) is 22.8 Å². The van der Waals surface area contributed by atoms with Crippen LogP contribution >= 0.6 is 11.8 Å². The molecule has 0 bridgehead atoms. The first-order chi connectivity index (χ1) is 13.3. The van der Waals surface area contributed by atoms with E-state index in [1.807, 2.05) is 0 Å². The number of nitro groups is 1. The lowest BCUT2D eigenvalue weighted by Crippen LogP contribution is -2.34. The number of hydrogen-bond acceptors (Lipinski definition) is 6. The molecule has 148 valence electrons. The average Bonchev–Trinajstić information content (AvgIpc) is 2.69. The number of rotatable bonds is 8. The van der Waals surface area contributed by atoms with E-state index in [9.17, 15) is 24.1 Å². The van der Waals surface area contributed by atoms with Crippen molar-refractivity contribution in [3.05, 3.63) is 69.5 Å². The number of thioether (sulfide) groups is 1. The maximum atomic E-state index is 13.3.